The van der Waals surface area contributed by atoms with Crippen molar-refractivity contribution in [2.75, 3.05) is 13.2 Å². The minimum absolute atomic E-state index is 0.0866. The lowest BCUT2D eigenvalue weighted by Crippen LogP contribution is -2.26. The molecule has 29 heavy (non-hydrogen) atoms. The molecule has 1 aliphatic carbocycles. The maximum Gasteiger partial charge on any atom is 0.407 e. The Hall–Kier alpha value is -2.85. The number of carbonyl (C=O) groups is 1. The summed E-state index contributed by atoms with van der Waals surface area (Å²) in [6.45, 7) is 0.879. The second-order valence-electron chi connectivity index (χ2n) is 6.96. The zero-order valence-electron chi connectivity index (χ0n) is 16.0. The fourth-order valence-electron chi connectivity index (χ4n) is 3.73. The number of halogens is 1. The summed E-state index contributed by atoms with van der Waals surface area (Å²) in [6, 6.07) is 24.7. The van der Waals surface area contributed by atoms with Gasteiger partial charge in [-0.15, -0.1) is 0 Å². The number of benzene rings is 3. The normalized spacial score (nSPS) is 12.6. The van der Waals surface area contributed by atoms with E-state index in [0.29, 0.717) is 13.2 Å². The average molecular weight is 448 g/mol. The van der Waals surface area contributed by atoms with Crippen LogP contribution in [0.25, 0.3) is 17.2 Å². The first-order valence-corrected chi connectivity index (χ1v) is 10.5. The number of fused-ring (bicyclic) bond motifs is 3. The molecule has 0 saturated carbocycles. The van der Waals surface area contributed by atoms with Gasteiger partial charge in [-0.25, -0.2) is 4.79 Å². The summed E-state index contributed by atoms with van der Waals surface area (Å²) < 4.78 is 6.60. The van der Waals surface area contributed by atoms with E-state index in [1.165, 1.54) is 22.3 Å². The Balaban J connectivity index is 1.29. The Morgan fingerprint density at radius 2 is 1.55 bits per heavy atom. The number of ether oxygens (including phenoxy) is 1. The molecular formula is C25H22BrNO2. The second-order valence-corrected chi connectivity index (χ2v) is 7.82. The zero-order chi connectivity index (χ0) is 20.1. The van der Waals surface area contributed by atoms with Crippen molar-refractivity contribution >= 4 is 28.1 Å². The van der Waals surface area contributed by atoms with Crippen molar-refractivity contribution in [2.45, 2.75) is 12.3 Å². The van der Waals surface area contributed by atoms with E-state index in [4.69, 9.17) is 4.74 Å². The van der Waals surface area contributed by atoms with E-state index in [1.54, 1.807) is 0 Å². The third kappa shape index (κ3) is 4.43. The molecule has 3 nitrogen and oxygen atoms in total. The van der Waals surface area contributed by atoms with Crippen LogP contribution in [0.15, 0.2) is 83.3 Å². The number of nitrogens with one attached hydrogen (secondary N) is 1. The van der Waals surface area contributed by atoms with Crippen molar-refractivity contribution in [1.29, 1.82) is 0 Å². The minimum Gasteiger partial charge on any atom is -0.449 e. The highest BCUT2D eigenvalue weighted by atomic mass is 79.9. The topological polar surface area (TPSA) is 38.3 Å². The highest BCUT2D eigenvalue weighted by molar-refractivity contribution is 9.10. The van der Waals surface area contributed by atoms with Gasteiger partial charge < -0.3 is 10.1 Å². The molecule has 1 amide bonds. The van der Waals surface area contributed by atoms with Crippen molar-refractivity contribution in [1.82, 2.24) is 5.32 Å². The van der Waals surface area contributed by atoms with Gasteiger partial charge in [-0.1, -0.05) is 94.8 Å². The van der Waals surface area contributed by atoms with Crippen molar-refractivity contribution in [3.05, 3.63) is 100 Å². The molecule has 0 fully saturated rings. The second kappa shape index (κ2) is 9.10. The number of rotatable bonds is 6. The maximum absolute atomic E-state index is 12.1. The first kappa shape index (κ1) is 19.5. The van der Waals surface area contributed by atoms with Crippen LogP contribution in [0.1, 0.15) is 29.0 Å². The molecule has 0 spiro atoms. The summed E-state index contributed by atoms with van der Waals surface area (Å²) in [6.07, 6.45) is 4.46. The highest BCUT2D eigenvalue weighted by Gasteiger charge is 2.28. The number of carbonyl (C=O) groups excluding carboxylic acids is 1. The van der Waals surface area contributed by atoms with Gasteiger partial charge in [0, 0.05) is 16.9 Å². The van der Waals surface area contributed by atoms with Gasteiger partial charge in [0.05, 0.1) is 0 Å². The number of hydrogen-bond acceptors (Lipinski definition) is 2. The highest BCUT2D eigenvalue weighted by Crippen LogP contribution is 2.44. The quantitative estimate of drug-likeness (QED) is 0.444. The fourth-order valence-corrected chi connectivity index (χ4v) is 4.14. The summed E-state index contributed by atoms with van der Waals surface area (Å²) in [5.41, 5.74) is 6.02. The van der Waals surface area contributed by atoms with Crippen LogP contribution in [0.4, 0.5) is 4.79 Å². The van der Waals surface area contributed by atoms with Crippen LogP contribution in [0, 0.1) is 0 Å². The largest absolute Gasteiger partial charge is 0.449 e. The first-order chi connectivity index (χ1) is 14.2. The predicted octanol–water partition coefficient (Wildman–Crippen LogP) is 6.39. The molecule has 0 aromatic heterocycles. The van der Waals surface area contributed by atoms with Gasteiger partial charge >= 0.3 is 6.09 Å². The third-order valence-electron chi connectivity index (χ3n) is 5.13. The number of hydrogen-bond donors (Lipinski definition) is 1. The van der Waals surface area contributed by atoms with E-state index < -0.39 is 0 Å². The third-order valence-corrected chi connectivity index (χ3v) is 5.85. The lowest BCUT2D eigenvalue weighted by atomic mass is 9.98. The molecule has 146 valence electrons. The Labute approximate surface area is 179 Å². The van der Waals surface area contributed by atoms with Crippen molar-refractivity contribution in [3.8, 4) is 11.1 Å². The monoisotopic (exact) mass is 447 g/mol. The molecule has 0 radical (unpaired) electrons. The molecule has 0 aliphatic heterocycles. The van der Waals surface area contributed by atoms with Crippen LogP contribution >= 0.6 is 15.9 Å². The van der Waals surface area contributed by atoms with E-state index in [9.17, 15) is 4.79 Å². The van der Waals surface area contributed by atoms with E-state index >= 15 is 0 Å². The van der Waals surface area contributed by atoms with E-state index in [1.807, 2.05) is 60.7 Å². The lowest BCUT2D eigenvalue weighted by molar-refractivity contribution is 0.143. The molecule has 0 bridgehead atoms. The molecule has 4 rings (SSSR count). The SMILES string of the molecule is O=C(NCCC=Cc1ccccc1Br)OCC1c2ccccc2-c2ccccc21. The van der Waals surface area contributed by atoms with Gasteiger partial charge in [-0.3, -0.25) is 0 Å². The fraction of sp³-hybridized carbons (Fsp3) is 0.160. The smallest absolute Gasteiger partial charge is 0.407 e. The first-order valence-electron chi connectivity index (χ1n) is 9.74. The summed E-state index contributed by atoms with van der Waals surface area (Å²) in [4.78, 5) is 12.1. The van der Waals surface area contributed by atoms with Gasteiger partial charge in [0.25, 0.3) is 0 Å². The van der Waals surface area contributed by atoms with Gasteiger partial charge in [-0.2, -0.15) is 0 Å². The standard InChI is InChI=1S/C25H22BrNO2/c26-24-15-6-1-9-18(24)10-7-8-16-27-25(28)29-17-23-21-13-4-2-11-19(21)20-12-3-5-14-22(20)23/h1-7,9-15,23H,8,16-17H2,(H,27,28). The number of amides is 1. The Bertz CT molecular complexity index is 999. The average Bonchev–Trinajstić information content (AvgIpc) is 3.07. The van der Waals surface area contributed by atoms with Crippen LogP contribution in [-0.4, -0.2) is 19.2 Å². The molecule has 3 aromatic rings. The zero-order valence-corrected chi connectivity index (χ0v) is 17.6. The van der Waals surface area contributed by atoms with Gasteiger partial charge in [-0.05, 0) is 40.3 Å². The molecule has 0 atom stereocenters. The summed E-state index contributed by atoms with van der Waals surface area (Å²) in [5, 5.41) is 2.83. The molecule has 0 saturated heterocycles. The van der Waals surface area contributed by atoms with Gasteiger partial charge in [0.2, 0.25) is 0 Å². The van der Waals surface area contributed by atoms with Crippen molar-refractivity contribution < 1.29 is 9.53 Å². The number of alkyl carbamates (subject to hydrolysis) is 1. The van der Waals surface area contributed by atoms with Gasteiger partial charge in [0.15, 0.2) is 0 Å². The van der Waals surface area contributed by atoms with Crippen molar-refractivity contribution in [2.24, 2.45) is 0 Å². The Morgan fingerprint density at radius 1 is 0.931 bits per heavy atom. The molecule has 0 unspecified atom stereocenters. The summed E-state index contributed by atoms with van der Waals surface area (Å²) in [5.74, 6) is 0.0866. The van der Waals surface area contributed by atoms with E-state index in [0.717, 1.165) is 16.5 Å². The maximum atomic E-state index is 12.1. The summed E-state index contributed by atoms with van der Waals surface area (Å²) in [7, 11) is 0. The Kier molecular flexibility index (Phi) is 6.11. The van der Waals surface area contributed by atoms with Crippen LogP contribution in [0.5, 0.6) is 0 Å². The predicted molar refractivity (Wildman–Crippen MR) is 121 cm³/mol. The summed E-state index contributed by atoms with van der Waals surface area (Å²) >= 11 is 3.52. The molecule has 0 heterocycles. The molecule has 1 N–H and O–H groups in total. The van der Waals surface area contributed by atoms with E-state index in [-0.39, 0.29) is 12.0 Å². The van der Waals surface area contributed by atoms with Gasteiger partial charge in [0.1, 0.15) is 6.61 Å². The minimum atomic E-state index is -0.374. The van der Waals surface area contributed by atoms with Crippen LogP contribution < -0.4 is 5.32 Å². The molecule has 4 heteroatoms. The van der Waals surface area contributed by atoms with Crippen LogP contribution in [0.2, 0.25) is 0 Å². The van der Waals surface area contributed by atoms with Crippen LogP contribution in [0.3, 0.4) is 0 Å². The molecule has 3 aromatic carbocycles. The Morgan fingerprint density at radius 3 is 2.24 bits per heavy atom. The molecule has 1 aliphatic rings. The molecular weight excluding hydrogens is 426 g/mol. The van der Waals surface area contributed by atoms with Crippen LogP contribution in [-0.2, 0) is 4.74 Å². The lowest BCUT2D eigenvalue weighted by Gasteiger charge is -2.14. The van der Waals surface area contributed by atoms with Crippen molar-refractivity contribution in [3.63, 3.8) is 0 Å². The van der Waals surface area contributed by atoms with E-state index in [2.05, 4.69) is 45.5 Å².